The maximum Gasteiger partial charge on any atom is 0.387 e. The number of amides is 2. The fourth-order valence-corrected chi connectivity index (χ4v) is 3.18. The minimum atomic E-state index is -3.08. The van der Waals surface area contributed by atoms with Gasteiger partial charge in [0.1, 0.15) is 12.6 Å². The van der Waals surface area contributed by atoms with Gasteiger partial charge in [-0.1, -0.05) is 0 Å². The normalized spacial score (nSPS) is 18.5. The molecular formula is C18H24F2N4O4. The van der Waals surface area contributed by atoms with Crippen LogP contribution < -0.4 is 20.7 Å². The van der Waals surface area contributed by atoms with Crippen LogP contribution in [-0.4, -0.2) is 68.8 Å². The molecule has 1 aromatic rings. The fourth-order valence-electron chi connectivity index (χ4n) is 3.18. The third-order valence-corrected chi connectivity index (χ3v) is 4.88. The van der Waals surface area contributed by atoms with E-state index in [1.54, 1.807) is 6.07 Å². The average molecular weight is 398 g/mol. The van der Waals surface area contributed by atoms with Gasteiger partial charge in [-0.3, -0.25) is 14.5 Å². The van der Waals surface area contributed by atoms with Crippen molar-refractivity contribution in [1.29, 1.82) is 0 Å². The Morgan fingerprint density at radius 3 is 2.82 bits per heavy atom. The number of nitrogens with one attached hydrogen (secondary N) is 1. The van der Waals surface area contributed by atoms with Crippen LogP contribution in [0.1, 0.15) is 12.8 Å². The number of nitrogens with two attached hydrogens (primary N) is 1. The standard InChI is InChI=1S/C18H24F2N4O4/c1-23(11-2-3-11)14(9-21)17(26)22-13-5-4-12(8-15(13)28-18(19)20)24-6-7-27-10-16(24)25/h4-5,8,11,14,18H,2-3,6-7,9-10,21H2,1H3,(H,22,26)/t14-/m0/s1. The van der Waals surface area contributed by atoms with Crippen LogP contribution in [0.25, 0.3) is 0 Å². The van der Waals surface area contributed by atoms with Crippen LogP contribution in [0.5, 0.6) is 5.75 Å². The monoisotopic (exact) mass is 398 g/mol. The molecular weight excluding hydrogens is 374 g/mol. The maximum absolute atomic E-state index is 12.9. The number of benzene rings is 1. The Labute approximate surface area is 161 Å². The Balaban J connectivity index is 1.80. The van der Waals surface area contributed by atoms with E-state index in [4.69, 9.17) is 10.5 Å². The summed E-state index contributed by atoms with van der Waals surface area (Å²) >= 11 is 0. The highest BCUT2D eigenvalue weighted by Crippen LogP contribution is 2.33. The van der Waals surface area contributed by atoms with Crippen molar-refractivity contribution in [2.24, 2.45) is 5.73 Å². The van der Waals surface area contributed by atoms with E-state index >= 15 is 0 Å². The molecule has 1 heterocycles. The van der Waals surface area contributed by atoms with Gasteiger partial charge in [-0.25, -0.2) is 0 Å². The molecule has 0 bridgehead atoms. The number of carbonyl (C=O) groups excluding carboxylic acids is 2. The van der Waals surface area contributed by atoms with Crippen molar-refractivity contribution in [2.45, 2.75) is 31.5 Å². The van der Waals surface area contributed by atoms with Crippen LogP contribution in [0.3, 0.4) is 0 Å². The van der Waals surface area contributed by atoms with E-state index in [2.05, 4.69) is 10.1 Å². The van der Waals surface area contributed by atoms with Crippen LogP contribution in [0.4, 0.5) is 20.2 Å². The third kappa shape index (κ3) is 4.75. The van der Waals surface area contributed by atoms with Gasteiger partial charge in [0.25, 0.3) is 5.91 Å². The number of hydrogen-bond donors (Lipinski definition) is 2. The van der Waals surface area contributed by atoms with Crippen molar-refractivity contribution in [2.75, 3.05) is 43.6 Å². The van der Waals surface area contributed by atoms with Gasteiger partial charge in [-0.15, -0.1) is 0 Å². The zero-order valence-corrected chi connectivity index (χ0v) is 15.6. The smallest absolute Gasteiger partial charge is 0.387 e. The second-order valence-electron chi connectivity index (χ2n) is 6.79. The number of carbonyl (C=O) groups is 2. The van der Waals surface area contributed by atoms with Crippen molar-refractivity contribution in [3.63, 3.8) is 0 Å². The summed E-state index contributed by atoms with van der Waals surface area (Å²) in [5.41, 5.74) is 6.23. The molecule has 154 valence electrons. The first kappa shape index (κ1) is 20.4. The van der Waals surface area contributed by atoms with Crippen molar-refractivity contribution >= 4 is 23.2 Å². The van der Waals surface area contributed by atoms with E-state index in [0.717, 1.165) is 12.8 Å². The van der Waals surface area contributed by atoms with Crippen molar-refractivity contribution in [1.82, 2.24) is 4.90 Å². The van der Waals surface area contributed by atoms with Gasteiger partial charge in [0.15, 0.2) is 5.75 Å². The van der Waals surface area contributed by atoms with Crippen LogP contribution in [-0.2, 0) is 14.3 Å². The van der Waals surface area contributed by atoms with Crippen LogP contribution in [0.2, 0.25) is 0 Å². The van der Waals surface area contributed by atoms with Gasteiger partial charge in [-0.05, 0) is 32.0 Å². The lowest BCUT2D eigenvalue weighted by Crippen LogP contribution is -2.47. The Kier molecular flexibility index (Phi) is 6.42. The summed E-state index contributed by atoms with van der Waals surface area (Å²) in [4.78, 5) is 27.9. The summed E-state index contributed by atoms with van der Waals surface area (Å²) in [6, 6.07) is 4.06. The number of anilines is 2. The molecule has 1 saturated carbocycles. The highest BCUT2D eigenvalue weighted by molar-refractivity contribution is 5.98. The quantitative estimate of drug-likeness (QED) is 0.679. The molecule has 0 spiro atoms. The van der Waals surface area contributed by atoms with E-state index in [9.17, 15) is 18.4 Å². The lowest BCUT2D eigenvalue weighted by molar-refractivity contribution is -0.125. The number of rotatable bonds is 8. The molecule has 3 N–H and O–H groups in total. The Bertz CT molecular complexity index is 730. The van der Waals surface area contributed by atoms with Gasteiger partial charge in [-0.2, -0.15) is 8.78 Å². The Morgan fingerprint density at radius 1 is 1.46 bits per heavy atom. The number of morpholine rings is 1. The highest BCUT2D eigenvalue weighted by Gasteiger charge is 2.34. The zero-order valence-electron chi connectivity index (χ0n) is 15.6. The van der Waals surface area contributed by atoms with Crippen molar-refractivity contribution in [3.8, 4) is 5.75 Å². The van der Waals surface area contributed by atoms with E-state index < -0.39 is 18.6 Å². The molecule has 10 heteroatoms. The fraction of sp³-hybridized carbons (Fsp3) is 0.556. The second kappa shape index (κ2) is 8.80. The molecule has 3 rings (SSSR count). The number of hydrogen-bond acceptors (Lipinski definition) is 6. The molecule has 2 aliphatic rings. The Morgan fingerprint density at radius 2 is 2.21 bits per heavy atom. The van der Waals surface area contributed by atoms with Crippen LogP contribution in [0, 0.1) is 0 Å². The van der Waals surface area contributed by atoms with Crippen LogP contribution in [0.15, 0.2) is 18.2 Å². The van der Waals surface area contributed by atoms with Crippen LogP contribution >= 0.6 is 0 Å². The third-order valence-electron chi connectivity index (χ3n) is 4.88. The summed E-state index contributed by atoms with van der Waals surface area (Å²) in [5, 5.41) is 2.62. The number of halogens is 2. The second-order valence-corrected chi connectivity index (χ2v) is 6.79. The molecule has 0 radical (unpaired) electrons. The molecule has 0 aromatic heterocycles. The van der Waals surface area contributed by atoms with Gasteiger partial charge in [0, 0.05) is 30.9 Å². The molecule has 1 atom stereocenters. The number of alkyl halides is 2. The predicted octanol–water partition coefficient (Wildman–Crippen LogP) is 1.01. The van der Waals surface area contributed by atoms with Crippen molar-refractivity contribution in [3.05, 3.63) is 18.2 Å². The topological polar surface area (TPSA) is 97.1 Å². The Hall–Kier alpha value is -2.30. The molecule has 28 heavy (non-hydrogen) atoms. The summed E-state index contributed by atoms with van der Waals surface area (Å²) in [5.74, 6) is -0.892. The first-order valence-corrected chi connectivity index (χ1v) is 9.10. The minimum absolute atomic E-state index is 0.0742. The van der Waals surface area contributed by atoms with Gasteiger partial charge in [0.2, 0.25) is 5.91 Å². The summed E-state index contributed by atoms with van der Waals surface area (Å²) in [7, 11) is 1.82. The van der Waals surface area contributed by atoms with Gasteiger partial charge >= 0.3 is 6.61 Å². The molecule has 1 aliphatic carbocycles. The minimum Gasteiger partial charge on any atom is -0.433 e. The highest BCUT2D eigenvalue weighted by atomic mass is 19.3. The molecule has 1 aromatic carbocycles. The van der Waals surface area contributed by atoms with E-state index in [1.165, 1.54) is 17.0 Å². The maximum atomic E-state index is 12.9. The van der Waals surface area contributed by atoms with Gasteiger partial charge in [0.05, 0.1) is 12.3 Å². The molecule has 8 nitrogen and oxygen atoms in total. The number of nitrogens with zero attached hydrogens (tertiary/aromatic N) is 2. The summed E-state index contributed by atoms with van der Waals surface area (Å²) in [6.07, 6.45) is 2.00. The van der Waals surface area contributed by atoms with E-state index in [-0.39, 0.29) is 30.5 Å². The first-order chi connectivity index (χ1) is 13.4. The number of ether oxygens (including phenoxy) is 2. The molecule has 1 aliphatic heterocycles. The lowest BCUT2D eigenvalue weighted by Gasteiger charge is -2.28. The summed E-state index contributed by atoms with van der Waals surface area (Å²) < 4.78 is 35.4. The summed E-state index contributed by atoms with van der Waals surface area (Å²) in [6.45, 7) is -2.40. The number of likely N-dealkylation sites (N-methyl/N-ethyl adjacent to an activating group) is 1. The zero-order chi connectivity index (χ0) is 20.3. The average Bonchev–Trinajstić information content (AvgIpc) is 3.49. The SMILES string of the molecule is CN(C1CC1)[C@@H](CN)C(=O)Nc1ccc(N2CCOCC2=O)cc1OC(F)F. The molecule has 0 unspecified atom stereocenters. The molecule has 2 amide bonds. The molecule has 2 fully saturated rings. The van der Waals surface area contributed by atoms with E-state index in [0.29, 0.717) is 24.9 Å². The van der Waals surface area contributed by atoms with Gasteiger partial charge < -0.3 is 25.4 Å². The van der Waals surface area contributed by atoms with Crippen molar-refractivity contribution < 1.29 is 27.8 Å². The largest absolute Gasteiger partial charge is 0.433 e. The molecule has 1 saturated heterocycles. The van der Waals surface area contributed by atoms with E-state index in [1.807, 2.05) is 11.9 Å². The lowest BCUT2D eigenvalue weighted by atomic mass is 10.2. The first-order valence-electron chi connectivity index (χ1n) is 9.10. The predicted molar refractivity (Wildman–Crippen MR) is 98.5 cm³/mol.